The van der Waals surface area contributed by atoms with E-state index < -0.39 is 12.4 Å². The van der Waals surface area contributed by atoms with Crippen molar-refractivity contribution in [1.82, 2.24) is 0 Å². The Morgan fingerprint density at radius 1 is 1.38 bits per heavy atom. The summed E-state index contributed by atoms with van der Waals surface area (Å²) in [6, 6.07) is 1.94. The second-order valence-electron chi connectivity index (χ2n) is 2.08. The van der Waals surface area contributed by atoms with Crippen LogP contribution in [0.25, 0.3) is 0 Å². The smallest absolute Gasteiger partial charge is 0.387 e. The Morgan fingerprint density at radius 2 is 2.00 bits per heavy atom. The van der Waals surface area contributed by atoms with E-state index in [2.05, 4.69) is 20.7 Å². The fraction of sp³-hybridized carbons (Fsp3) is 0.143. The van der Waals surface area contributed by atoms with Gasteiger partial charge in [-0.1, -0.05) is 11.6 Å². The maximum absolute atomic E-state index is 12.8. The molecule has 0 atom stereocenters. The lowest BCUT2D eigenvalue weighted by Gasteiger charge is -2.06. The van der Waals surface area contributed by atoms with Crippen molar-refractivity contribution in [3.8, 4) is 5.75 Å². The van der Waals surface area contributed by atoms with E-state index >= 15 is 0 Å². The largest absolute Gasteiger partial charge is 0.433 e. The van der Waals surface area contributed by atoms with E-state index in [-0.39, 0.29) is 15.2 Å². The van der Waals surface area contributed by atoms with Crippen LogP contribution in [-0.4, -0.2) is 6.61 Å². The zero-order valence-corrected chi connectivity index (χ0v) is 8.37. The number of alkyl halides is 2. The minimum Gasteiger partial charge on any atom is -0.433 e. The lowest BCUT2D eigenvalue weighted by atomic mass is 10.3. The SMILES string of the molecule is Fc1cc(OC(F)F)c(Cl)cc1Br. The van der Waals surface area contributed by atoms with E-state index in [0.717, 1.165) is 12.1 Å². The number of rotatable bonds is 2. The van der Waals surface area contributed by atoms with Crippen molar-refractivity contribution in [1.29, 1.82) is 0 Å². The van der Waals surface area contributed by atoms with Gasteiger partial charge in [0.05, 0.1) is 9.50 Å². The van der Waals surface area contributed by atoms with Gasteiger partial charge in [-0.05, 0) is 22.0 Å². The summed E-state index contributed by atoms with van der Waals surface area (Å²) in [7, 11) is 0. The molecule has 0 radical (unpaired) electrons. The van der Waals surface area contributed by atoms with Crippen LogP contribution < -0.4 is 4.74 Å². The van der Waals surface area contributed by atoms with Crippen LogP contribution in [0.15, 0.2) is 16.6 Å². The van der Waals surface area contributed by atoms with Crippen molar-refractivity contribution in [3.63, 3.8) is 0 Å². The topological polar surface area (TPSA) is 9.23 Å². The molecule has 1 nitrogen and oxygen atoms in total. The molecule has 0 saturated heterocycles. The van der Waals surface area contributed by atoms with Crippen molar-refractivity contribution >= 4 is 27.5 Å². The average Bonchev–Trinajstić information content (AvgIpc) is 1.99. The predicted octanol–water partition coefficient (Wildman–Crippen LogP) is 3.84. The first kappa shape index (κ1) is 10.7. The van der Waals surface area contributed by atoms with E-state index in [0.29, 0.717) is 0 Å². The third-order valence-electron chi connectivity index (χ3n) is 1.19. The summed E-state index contributed by atoms with van der Waals surface area (Å²) >= 11 is 8.33. The highest BCUT2D eigenvalue weighted by Crippen LogP contribution is 2.31. The normalized spacial score (nSPS) is 10.6. The fourth-order valence-corrected chi connectivity index (χ4v) is 1.37. The van der Waals surface area contributed by atoms with Gasteiger partial charge in [-0.2, -0.15) is 8.78 Å². The monoisotopic (exact) mass is 274 g/mol. The summed E-state index contributed by atoms with van der Waals surface area (Å²) in [6.45, 7) is -3.02. The van der Waals surface area contributed by atoms with Gasteiger partial charge in [0, 0.05) is 6.07 Å². The van der Waals surface area contributed by atoms with E-state index in [1.807, 2.05) is 0 Å². The highest BCUT2D eigenvalue weighted by molar-refractivity contribution is 9.10. The maximum atomic E-state index is 12.8. The van der Waals surface area contributed by atoms with Crippen LogP contribution in [0.2, 0.25) is 5.02 Å². The van der Waals surface area contributed by atoms with Gasteiger partial charge >= 0.3 is 6.61 Å². The number of halogens is 5. The van der Waals surface area contributed by atoms with E-state index in [1.54, 1.807) is 0 Å². The van der Waals surface area contributed by atoms with Crippen molar-refractivity contribution in [2.24, 2.45) is 0 Å². The van der Waals surface area contributed by atoms with Gasteiger partial charge in [0.15, 0.2) is 0 Å². The zero-order valence-electron chi connectivity index (χ0n) is 6.03. The lowest BCUT2D eigenvalue weighted by Crippen LogP contribution is -2.02. The van der Waals surface area contributed by atoms with Crippen LogP contribution in [0.3, 0.4) is 0 Å². The highest BCUT2D eigenvalue weighted by atomic mass is 79.9. The molecule has 0 aromatic heterocycles. The average molecular weight is 275 g/mol. The van der Waals surface area contributed by atoms with Gasteiger partial charge in [-0.15, -0.1) is 0 Å². The minimum atomic E-state index is -3.02. The quantitative estimate of drug-likeness (QED) is 0.745. The Bertz CT molecular complexity index is 319. The van der Waals surface area contributed by atoms with Crippen LogP contribution in [0.4, 0.5) is 13.2 Å². The first-order chi connectivity index (χ1) is 6.00. The Balaban J connectivity index is 3.01. The summed E-state index contributed by atoms with van der Waals surface area (Å²) in [6.07, 6.45) is 0. The number of hydrogen-bond acceptors (Lipinski definition) is 1. The van der Waals surface area contributed by atoms with Gasteiger partial charge in [0.1, 0.15) is 11.6 Å². The molecule has 0 saturated carbocycles. The number of hydrogen-bond donors (Lipinski definition) is 0. The fourth-order valence-electron chi connectivity index (χ4n) is 0.691. The van der Waals surface area contributed by atoms with Crippen LogP contribution in [0, 0.1) is 5.82 Å². The van der Waals surface area contributed by atoms with E-state index in [9.17, 15) is 13.2 Å². The van der Waals surface area contributed by atoms with Gasteiger partial charge < -0.3 is 4.74 Å². The molecule has 0 unspecified atom stereocenters. The van der Waals surface area contributed by atoms with Crippen molar-refractivity contribution in [2.45, 2.75) is 6.61 Å². The zero-order chi connectivity index (χ0) is 10.0. The highest BCUT2D eigenvalue weighted by Gasteiger charge is 2.11. The van der Waals surface area contributed by atoms with E-state index in [1.165, 1.54) is 0 Å². The van der Waals surface area contributed by atoms with Crippen LogP contribution in [0.1, 0.15) is 0 Å². The molecule has 0 aliphatic heterocycles. The molecule has 0 fully saturated rings. The first-order valence-corrected chi connectivity index (χ1v) is 4.27. The minimum absolute atomic E-state index is 0.0754. The van der Waals surface area contributed by atoms with Gasteiger partial charge in [0.25, 0.3) is 0 Å². The summed E-state index contributed by atoms with van der Waals surface area (Å²) in [5, 5.41) is -0.0754. The third-order valence-corrected chi connectivity index (χ3v) is 2.09. The van der Waals surface area contributed by atoms with Crippen molar-refractivity contribution < 1.29 is 17.9 Å². The maximum Gasteiger partial charge on any atom is 0.387 e. The predicted molar refractivity (Wildman–Crippen MR) is 45.7 cm³/mol. The van der Waals surface area contributed by atoms with Gasteiger partial charge in [0.2, 0.25) is 0 Å². The first-order valence-electron chi connectivity index (χ1n) is 3.10. The molecule has 1 aromatic carbocycles. The number of ether oxygens (including phenoxy) is 1. The summed E-state index contributed by atoms with van der Waals surface area (Å²) in [5.74, 6) is -1.09. The Hall–Kier alpha value is -0.420. The molecule has 0 bridgehead atoms. The summed E-state index contributed by atoms with van der Waals surface area (Å²) < 4.78 is 40.3. The molecule has 0 heterocycles. The summed E-state index contributed by atoms with van der Waals surface area (Å²) in [5.41, 5.74) is 0. The van der Waals surface area contributed by atoms with E-state index in [4.69, 9.17) is 11.6 Å². The van der Waals surface area contributed by atoms with Gasteiger partial charge in [-0.25, -0.2) is 4.39 Å². The summed E-state index contributed by atoms with van der Waals surface area (Å²) in [4.78, 5) is 0. The Morgan fingerprint density at radius 3 is 2.54 bits per heavy atom. The van der Waals surface area contributed by atoms with Crippen LogP contribution >= 0.6 is 27.5 Å². The molecular formula is C7H3BrClF3O. The van der Waals surface area contributed by atoms with Crippen molar-refractivity contribution in [2.75, 3.05) is 0 Å². The van der Waals surface area contributed by atoms with Crippen molar-refractivity contribution in [3.05, 3.63) is 27.4 Å². The molecule has 13 heavy (non-hydrogen) atoms. The molecule has 1 aromatic rings. The second kappa shape index (κ2) is 4.19. The Kier molecular flexibility index (Phi) is 3.44. The molecule has 0 N–H and O–H groups in total. The molecule has 0 spiro atoms. The number of benzene rings is 1. The molecule has 0 aliphatic carbocycles. The second-order valence-corrected chi connectivity index (χ2v) is 3.34. The van der Waals surface area contributed by atoms with Gasteiger partial charge in [-0.3, -0.25) is 0 Å². The lowest BCUT2D eigenvalue weighted by molar-refractivity contribution is -0.0499. The standard InChI is InChI=1S/C7H3BrClF3O/c8-3-1-4(9)6(2-5(3)10)13-7(11)12/h1-2,7H. The molecule has 1 rings (SSSR count). The molecule has 0 amide bonds. The molecule has 0 aliphatic rings. The molecule has 72 valence electrons. The third kappa shape index (κ3) is 2.77. The molecule has 6 heteroatoms. The molecular weight excluding hydrogens is 272 g/mol. The van der Waals surface area contributed by atoms with Crippen LogP contribution in [0.5, 0.6) is 5.75 Å². The van der Waals surface area contributed by atoms with Crippen LogP contribution in [-0.2, 0) is 0 Å². The Labute approximate surface area is 85.6 Å².